The molecule has 0 aliphatic carbocycles. The third kappa shape index (κ3) is 3.78. The number of hydrogen-bond acceptors (Lipinski definition) is 1. The van der Waals surface area contributed by atoms with Gasteiger partial charge in [0, 0.05) is 15.8 Å². The highest BCUT2D eigenvalue weighted by atomic mass is 35.5. The van der Waals surface area contributed by atoms with Crippen molar-refractivity contribution < 1.29 is 4.42 Å². The van der Waals surface area contributed by atoms with Crippen molar-refractivity contribution in [1.82, 2.24) is 0 Å². The fraction of sp³-hybridized carbons (Fsp3) is 0. The number of halogens is 1. The van der Waals surface area contributed by atoms with Crippen molar-refractivity contribution in [3.63, 3.8) is 0 Å². The lowest BCUT2D eigenvalue weighted by atomic mass is 9.91. The van der Waals surface area contributed by atoms with Crippen LogP contribution in [0.4, 0.5) is 0 Å². The summed E-state index contributed by atoms with van der Waals surface area (Å²) >= 11 is 6.54. The second-order valence-corrected chi connectivity index (χ2v) is 10.7. The molecule has 0 N–H and O–H groups in total. The molecular formula is C38H23ClO. The van der Waals surface area contributed by atoms with Crippen molar-refractivity contribution in [2.75, 3.05) is 0 Å². The quantitative estimate of drug-likeness (QED) is 0.221. The molecule has 0 atom stereocenters. The number of rotatable bonds is 3. The van der Waals surface area contributed by atoms with Gasteiger partial charge in [0.05, 0.1) is 0 Å². The zero-order chi connectivity index (χ0) is 26.6. The Kier molecular flexibility index (Phi) is 5.26. The largest absolute Gasteiger partial charge is 0.456 e. The van der Waals surface area contributed by atoms with Gasteiger partial charge in [-0.25, -0.2) is 0 Å². The maximum Gasteiger partial charge on any atom is 0.136 e. The van der Waals surface area contributed by atoms with Crippen LogP contribution >= 0.6 is 11.6 Å². The Morgan fingerprint density at radius 1 is 0.375 bits per heavy atom. The van der Waals surface area contributed by atoms with E-state index in [-0.39, 0.29) is 0 Å². The summed E-state index contributed by atoms with van der Waals surface area (Å²) in [6, 6.07) is 49.2. The van der Waals surface area contributed by atoms with Crippen molar-refractivity contribution in [3.8, 4) is 33.4 Å². The normalized spacial score (nSPS) is 11.6. The van der Waals surface area contributed by atoms with Crippen LogP contribution in [0.1, 0.15) is 0 Å². The predicted molar refractivity (Wildman–Crippen MR) is 170 cm³/mol. The van der Waals surface area contributed by atoms with Crippen molar-refractivity contribution in [2.24, 2.45) is 0 Å². The molecule has 0 radical (unpaired) electrons. The van der Waals surface area contributed by atoms with E-state index < -0.39 is 0 Å². The third-order valence-electron chi connectivity index (χ3n) is 7.92. The number of benzene rings is 7. The molecule has 0 saturated carbocycles. The molecule has 7 aromatic carbocycles. The minimum Gasteiger partial charge on any atom is -0.456 e. The Morgan fingerprint density at radius 2 is 1.02 bits per heavy atom. The second kappa shape index (κ2) is 9.12. The van der Waals surface area contributed by atoms with Crippen LogP contribution in [0.2, 0.25) is 5.02 Å². The monoisotopic (exact) mass is 530 g/mol. The predicted octanol–water partition coefficient (Wildman–Crippen LogP) is 11.5. The van der Waals surface area contributed by atoms with Crippen molar-refractivity contribution in [3.05, 3.63) is 145 Å². The van der Waals surface area contributed by atoms with Crippen LogP contribution in [0.5, 0.6) is 0 Å². The maximum absolute atomic E-state index is 6.54. The van der Waals surface area contributed by atoms with Gasteiger partial charge in [-0.2, -0.15) is 0 Å². The summed E-state index contributed by atoms with van der Waals surface area (Å²) in [5.74, 6) is 0. The molecule has 0 amide bonds. The number of furan rings is 1. The molecule has 188 valence electrons. The summed E-state index contributed by atoms with van der Waals surface area (Å²) in [6.45, 7) is 0. The first-order valence-electron chi connectivity index (χ1n) is 13.4. The van der Waals surface area contributed by atoms with Crippen LogP contribution in [0.25, 0.3) is 76.9 Å². The standard InChI is InChI=1S/C38H23ClO/c39-30-17-19-33(29-16-18-35-34-9-3-4-11-37(34)40-38(35)22-29)36(23-30)28-15-13-25-20-27(14-12-26(25)21-28)32-10-5-7-24-6-1-2-8-31(24)32/h1-23H. The second-order valence-electron chi connectivity index (χ2n) is 10.3. The van der Waals surface area contributed by atoms with Crippen molar-refractivity contribution in [2.45, 2.75) is 0 Å². The van der Waals surface area contributed by atoms with Crippen LogP contribution in [0.15, 0.2) is 144 Å². The zero-order valence-corrected chi connectivity index (χ0v) is 22.3. The van der Waals surface area contributed by atoms with Crippen LogP contribution in [0, 0.1) is 0 Å². The molecule has 40 heavy (non-hydrogen) atoms. The van der Waals surface area contributed by atoms with E-state index >= 15 is 0 Å². The molecule has 8 aromatic rings. The summed E-state index contributed by atoms with van der Waals surface area (Å²) in [6.07, 6.45) is 0. The Balaban J connectivity index is 1.24. The van der Waals surface area contributed by atoms with Crippen molar-refractivity contribution >= 4 is 55.1 Å². The lowest BCUT2D eigenvalue weighted by Gasteiger charge is -2.13. The summed E-state index contributed by atoms with van der Waals surface area (Å²) in [5, 5.41) is 7.91. The fourth-order valence-corrected chi connectivity index (χ4v) is 6.13. The van der Waals surface area contributed by atoms with Crippen LogP contribution < -0.4 is 0 Å². The van der Waals surface area contributed by atoms with Crippen molar-refractivity contribution in [1.29, 1.82) is 0 Å². The number of fused-ring (bicyclic) bond motifs is 5. The molecule has 0 bridgehead atoms. The van der Waals surface area contributed by atoms with E-state index in [9.17, 15) is 0 Å². The first kappa shape index (κ1) is 23.1. The molecule has 0 spiro atoms. The Morgan fingerprint density at radius 3 is 1.88 bits per heavy atom. The van der Waals surface area contributed by atoms with E-state index in [1.165, 1.54) is 32.7 Å². The van der Waals surface area contributed by atoms with Gasteiger partial charge in [0.25, 0.3) is 0 Å². The fourth-order valence-electron chi connectivity index (χ4n) is 5.96. The van der Waals surface area contributed by atoms with Crippen LogP contribution in [0.3, 0.4) is 0 Å². The summed E-state index contributed by atoms with van der Waals surface area (Å²) in [7, 11) is 0. The van der Waals surface area contributed by atoms with Gasteiger partial charge in [0.1, 0.15) is 11.2 Å². The minimum atomic E-state index is 0.718. The summed E-state index contributed by atoms with van der Waals surface area (Å²) in [5.41, 5.74) is 8.72. The molecule has 8 rings (SSSR count). The molecule has 0 aliphatic heterocycles. The highest BCUT2D eigenvalue weighted by molar-refractivity contribution is 6.31. The van der Waals surface area contributed by atoms with E-state index in [1.54, 1.807) is 0 Å². The number of para-hydroxylation sites is 1. The topological polar surface area (TPSA) is 13.1 Å². The van der Waals surface area contributed by atoms with Crippen LogP contribution in [-0.2, 0) is 0 Å². The Hall–Kier alpha value is -4.85. The lowest BCUT2D eigenvalue weighted by molar-refractivity contribution is 0.669. The molecule has 1 aromatic heterocycles. The molecule has 0 fully saturated rings. The Bertz CT molecular complexity index is 2230. The molecule has 0 saturated heterocycles. The van der Waals surface area contributed by atoms with Gasteiger partial charge in [0.15, 0.2) is 0 Å². The SMILES string of the molecule is Clc1ccc(-c2ccc3c(c2)oc2ccccc23)c(-c2ccc3cc(-c4cccc5ccccc45)ccc3c2)c1. The maximum atomic E-state index is 6.54. The molecule has 0 aliphatic rings. The average Bonchev–Trinajstić information content (AvgIpc) is 3.38. The summed E-state index contributed by atoms with van der Waals surface area (Å²) < 4.78 is 6.19. The average molecular weight is 531 g/mol. The molecule has 2 heteroatoms. The highest BCUT2D eigenvalue weighted by Gasteiger charge is 2.13. The van der Waals surface area contributed by atoms with E-state index in [1.807, 2.05) is 24.3 Å². The zero-order valence-electron chi connectivity index (χ0n) is 21.6. The van der Waals surface area contributed by atoms with Crippen LogP contribution in [-0.4, -0.2) is 0 Å². The van der Waals surface area contributed by atoms with E-state index in [0.29, 0.717) is 0 Å². The van der Waals surface area contributed by atoms with Gasteiger partial charge in [0.2, 0.25) is 0 Å². The first-order valence-corrected chi connectivity index (χ1v) is 13.8. The number of hydrogen-bond donors (Lipinski definition) is 0. The molecule has 1 nitrogen and oxygen atoms in total. The van der Waals surface area contributed by atoms with Gasteiger partial charge in [-0.05, 0) is 97.4 Å². The summed E-state index contributed by atoms with van der Waals surface area (Å²) in [4.78, 5) is 0. The molecule has 1 heterocycles. The van der Waals surface area contributed by atoms with Gasteiger partial charge in [-0.15, -0.1) is 0 Å². The van der Waals surface area contributed by atoms with Gasteiger partial charge >= 0.3 is 0 Å². The van der Waals surface area contributed by atoms with Gasteiger partial charge in [-0.1, -0.05) is 109 Å². The van der Waals surface area contributed by atoms with Gasteiger partial charge < -0.3 is 4.42 Å². The van der Waals surface area contributed by atoms with E-state index in [2.05, 4.69) is 115 Å². The smallest absolute Gasteiger partial charge is 0.136 e. The first-order chi connectivity index (χ1) is 19.7. The third-order valence-corrected chi connectivity index (χ3v) is 8.16. The Labute approximate surface area is 236 Å². The van der Waals surface area contributed by atoms with E-state index in [4.69, 9.17) is 16.0 Å². The van der Waals surface area contributed by atoms with E-state index in [0.717, 1.165) is 49.2 Å². The molecule has 0 unspecified atom stereocenters. The van der Waals surface area contributed by atoms with Gasteiger partial charge in [-0.3, -0.25) is 0 Å². The lowest BCUT2D eigenvalue weighted by Crippen LogP contribution is -1.87. The minimum absolute atomic E-state index is 0.718. The molecular weight excluding hydrogens is 508 g/mol. The highest BCUT2D eigenvalue weighted by Crippen LogP contribution is 2.39.